The SMILES string of the molecule is C[C@@]12C=C[C@@H](CC1)C[C@@H]2[N+](=O)[O-]. The first-order valence-corrected chi connectivity index (χ1v) is 4.45. The average Bonchev–Trinajstić information content (AvgIpc) is 2.04. The second kappa shape index (κ2) is 2.31. The Balaban J connectivity index is 2.30. The van der Waals surface area contributed by atoms with Gasteiger partial charge in [-0.2, -0.15) is 0 Å². The molecule has 0 aromatic heterocycles. The van der Waals surface area contributed by atoms with Gasteiger partial charge in [0.25, 0.3) is 0 Å². The van der Waals surface area contributed by atoms with Crippen LogP contribution in [0.5, 0.6) is 0 Å². The summed E-state index contributed by atoms with van der Waals surface area (Å²) in [5, 5.41) is 10.7. The molecule has 66 valence electrons. The summed E-state index contributed by atoms with van der Waals surface area (Å²) in [5.41, 5.74) is -0.155. The number of fused-ring (bicyclic) bond motifs is 2. The quantitative estimate of drug-likeness (QED) is 0.340. The highest BCUT2D eigenvalue weighted by molar-refractivity contribution is 5.13. The molecule has 0 N–H and O–H groups in total. The van der Waals surface area contributed by atoms with Crippen molar-refractivity contribution < 1.29 is 4.92 Å². The molecule has 0 aliphatic heterocycles. The first-order chi connectivity index (χ1) is 5.62. The van der Waals surface area contributed by atoms with Gasteiger partial charge in [0.1, 0.15) is 0 Å². The lowest BCUT2D eigenvalue weighted by molar-refractivity contribution is -0.544. The number of hydrogen-bond donors (Lipinski definition) is 0. The molecule has 3 aliphatic rings. The Morgan fingerprint density at radius 3 is 2.75 bits per heavy atom. The molecular formula is C9H13NO2. The molecule has 0 aromatic carbocycles. The van der Waals surface area contributed by atoms with Crippen LogP contribution in [0.1, 0.15) is 26.2 Å². The minimum Gasteiger partial charge on any atom is -0.264 e. The van der Waals surface area contributed by atoms with Crippen molar-refractivity contribution in [3.63, 3.8) is 0 Å². The molecule has 1 saturated carbocycles. The van der Waals surface area contributed by atoms with Crippen molar-refractivity contribution >= 4 is 0 Å². The van der Waals surface area contributed by atoms with Crippen molar-refractivity contribution in [3.05, 3.63) is 22.3 Å². The molecule has 2 bridgehead atoms. The van der Waals surface area contributed by atoms with Gasteiger partial charge in [0.2, 0.25) is 6.04 Å². The highest BCUT2D eigenvalue weighted by Gasteiger charge is 2.48. The van der Waals surface area contributed by atoms with Crippen molar-refractivity contribution in [2.45, 2.75) is 32.2 Å². The minimum atomic E-state index is -0.332. The van der Waals surface area contributed by atoms with Crippen molar-refractivity contribution in [1.29, 1.82) is 0 Å². The number of hydrogen-bond acceptors (Lipinski definition) is 2. The van der Waals surface area contributed by atoms with E-state index in [1.165, 1.54) is 0 Å². The van der Waals surface area contributed by atoms with Gasteiger partial charge in [-0.05, 0) is 25.7 Å². The molecule has 0 heterocycles. The average molecular weight is 167 g/mol. The van der Waals surface area contributed by atoms with Gasteiger partial charge in [-0.15, -0.1) is 0 Å². The summed E-state index contributed by atoms with van der Waals surface area (Å²) < 4.78 is 0. The van der Waals surface area contributed by atoms with Crippen LogP contribution in [0.2, 0.25) is 0 Å². The molecule has 0 amide bonds. The smallest absolute Gasteiger partial charge is 0.222 e. The maximum Gasteiger partial charge on any atom is 0.222 e. The van der Waals surface area contributed by atoms with E-state index in [1.807, 2.05) is 6.92 Å². The molecule has 0 unspecified atom stereocenters. The third-order valence-corrected chi connectivity index (χ3v) is 3.34. The highest BCUT2D eigenvalue weighted by atomic mass is 16.6. The molecule has 1 fully saturated rings. The number of allylic oxidation sites excluding steroid dienone is 1. The Morgan fingerprint density at radius 1 is 1.67 bits per heavy atom. The molecule has 12 heavy (non-hydrogen) atoms. The summed E-state index contributed by atoms with van der Waals surface area (Å²) >= 11 is 0. The van der Waals surface area contributed by atoms with Crippen LogP contribution in [0.15, 0.2) is 12.2 Å². The van der Waals surface area contributed by atoms with Crippen LogP contribution >= 0.6 is 0 Å². The lowest BCUT2D eigenvalue weighted by Gasteiger charge is -2.40. The summed E-state index contributed by atoms with van der Waals surface area (Å²) in [6.45, 7) is 2.01. The van der Waals surface area contributed by atoms with Gasteiger partial charge in [-0.1, -0.05) is 12.2 Å². The van der Waals surface area contributed by atoms with Crippen LogP contribution in [0, 0.1) is 21.4 Å². The Kier molecular flexibility index (Phi) is 1.50. The highest BCUT2D eigenvalue weighted by Crippen LogP contribution is 2.46. The van der Waals surface area contributed by atoms with Crippen LogP contribution in [0.3, 0.4) is 0 Å². The third kappa shape index (κ3) is 0.958. The zero-order valence-electron chi connectivity index (χ0n) is 7.19. The lowest BCUT2D eigenvalue weighted by Crippen LogP contribution is -2.45. The topological polar surface area (TPSA) is 43.1 Å². The second-order valence-corrected chi connectivity index (χ2v) is 4.20. The van der Waals surface area contributed by atoms with E-state index in [0.29, 0.717) is 5.92 Å². The second-order valence-electron chi connectivity index (χ2n) is 4.20. The van der Waals surface area contributed by atoms with E-state index in [-0.39, 0.29) is 16.4 Å². The summed E-state index contributed by atoms with van der Waals surface area (Å²) in [6, 6.07) is -0.332. The van der Waals surface area contributed by atoms with Crippen LogP contribution < -0.4 is 0 Å². The van der Waals surface area contributed by atoms with Crippen LogP contribution in [0.25, 0.3) is 0 Å². The Hall–Kier alpha value is -0.860. The third-order valence-electron chi connectivity index (χ3n) is 3.34. The van der Waals surface area contributed by atoms with Gasteiger partial charge in [-0.25, -0.2) is 0 Å². The van der Waals surface area contributed by atoms with Crippen LogP contribution in [-0.4, -0.2) is 11.0 Å². The fraction of sp³-hybridized carbons (Fsp3) is 0.778. The van der Waals surface area contributed by atoms with Crippen LogP contribution in [0.4, 0.5) is 0 Å². The molecule has 3 rings (SSSR count). The molecule has 0 spiro atoms. The normalized spacial score (nSPS) is 44.8. The predicted molar refractivity (Wildman–Crippen MR) is 45.4 cm³/mol. The number of nitrogens with zero attached hydrogens (tertiary/aromatic N) is 1. The van der Waals surface area contributed by atoms with E-state index in [2.05, 4.69) is 12.2 Å². The van der Waals surface area contributed by atoms with Crippen molar-refractivity contribution in [3.8, 4) is 0 Å². The number of nitro groups is 1. The minimum absolute atomic E-state index is 0.102. The fourth-order valence-corrected chi connectivity index (χ4v) is 2.39. The van der Waals surface area contributed by atoms with Gasteiger partial charge in [0, 0.05) is 11.3 Å². The summed E-state index contributed by atoms with van der Waals surface area (Å²) in [5.74, 6) is 0.474. The van der Waals surface area contributed by atoms with E-state index < -0.39 is 0 Å². The van der Waals surface area contributed by atoms with Gasteiger partial charge in [-0.3, -0.25) is 10.1 Å². The monoisotopic (exact) mass is 167 g/mol. The lowest BCUT2D eigenvalue weighted by atomic mass is 9.63. The predicted octanol–water partition coefficient (Wildman–Crippen LogP) is 2.01. The molecule has 0 aromatic rings. The first kappa shape index (κ1) is 7.77. The Labute approximate surface area is 71.6 Å². The van der Waals surface area contributed by atoms with Gasteiger partial charge in [0.05, 0.1) is 5.41 Å². The zero-order valence-corrected chi connectivity index (χ0v) is 7.19. The Morgan fingerprint density at radius 2 is 2.42 bits per heavy atom. The molecule has 0 saturated heterocycles. The van der Waals surface area contributed by atoms with E-state index in [4.69, 9.17) is 0 Å². The van der Waals surface area contributed by atoms with Gasteiger partial charge in [0.15, 0.2) is 0 Å². The molecular weight excluding hydrogens is 154 g/mol. The van der Waals surface area contributed by atoms with Crippen molar-refractivity contribution in [1.82, 2.24) is 0 Å². The molecule has 3 nitrogen and oxygen atoms in total. The van der Waals surface area contributed by atoms with E-state index in [0.717, 1.165) is 19.3 Å². The standard InChI is InChI=1S/C9H13NO2/c1-9-4-2-7(3-5-9)6-8(9)10(11)12/h2,4,7-8H,3,5-6H2,1H3/t7-,8-,9+/m0/s1. The van der Waals surface area contributed by atoms with Gasteiger partial charge < -0.3 is 0 Å². The summed E-state index contributed by atoms with van der Waals surface area (Å²) in [7, 11) is 0. The molecule has 0 radical (unpaired) electrons. The summed E-state index contributed by atoms with van der Waals surface area (Å²) in [4.78, 5) is 10.6. The van der Waals surface area contributed by atoms with Crippen LogP contribution in [-0.2, 0) is 0 Å². The number of rotatable bonds is 1. The van der Waals surface area contributed by atoms with E-state index in [9.17, 15) is 10.1 Å². The first-order valence-electron chi connectivity index (χ1n) is 4.45. The zero-order chi connectivity index (χ0) is 8.77. The molecule has 3 atom stereocenters. The maximum atomic E-state index is 10.7. The van der Waals surface area contributed by atoms with Crippen molar-refractivity contribution in [2.75, 3.05) is 0 Å². The molecule has 3 heteroatoms. The van der Waals surface area contributed by atoms with E-state index in [1.54, 1.807) is 0 Å². The van der Waals surface area contributed by atoms with Crippen molar-refractivity contribution in [2.24, 2.45) is 11.3 Å². The summed E-state index contributed by atoms with van der Waals surface area (Å²) in [6.07, 6.45) is 7.08. The van der Waals surface area contributed by atoms with E-state index >= 15 is 0 Å². The fourth-order valence-electron chi connectivity index (χ4n) is 2.39. The largest absolute Gasteiger partial charge is 0.264 e. The Bertz CT molecular complexity index is 249. The molecule has 3 aliphatic carbocycles. The van der Waals surface area contributed by atoms with Gasteiger partial charge >= 0.3 is 0 Å². The maximum absolute atomic E-state index is 10.7.